The van der Waals surface area contributed by atoms with Gasteiger partial charge in [0.25, 0.3) is 0 Å². The molecule has 6 aromatic rings. The van der Waals surface area contributed by atoms with Gasteiger partial charge in [0, 0.05) is 45.7 Å². The molecule has 4 heterocycles. The molecule has 40 heavy (non-hydrogen) atoms. The van der Waals surface area contributed by atoms with Gasteiger partial charge in [-0.2, -0.15) is 5.10 Å². The van der Waals surface area contributed by atoms with Crippen LogP contribution in [-0.4, -0.2) is 31.1 Å². The number of aromatic amines is 2. The molecule has 198 valence electrons. The smallest absolute Gasteiger partial charge is 0.227 e. The van der Waals surface area contributed by atoms with Gasteiger partial charge >= 0.3 is 0 Å². The number of carbonyl (C=O) groups is 1. The molecule has 8 heteroatoms. The van der Waals surface area contributed by atoms with Gasteiger partial charge in [0.15, 0.2) is 5.65 Å². The van der Waals surface area contributed by atoms with E-state index in [9.17, 15) is 9.18 Å². The van der Waals surface area contributed by atoms with Crippen molar-refractivity contribution in [1.29, 1.82) is 0 Å². The normalized spacial score (nSPS) is 13.8. The molecule has 0 unspecified atom stereocenters. The molecule has 2 aromatic carbocycles. The van der Waals surface area contributed by atoms with E-state index < -0.39 is 0 Å². The van der Waals surface area contributed by atoms with Gasteiger partial charge in [-0.3, -0.25) is 14.9 Å². The highest BCUT2D eigenvalue weighted by molar-refractivity contribution is 6.01. The highest BCUT2D eigenvalue weighted by Gasteiger charge is 2.23. The molecule has 0 spiro atoms. The first kappa shape index (κ1) is 24.2. The lowest BCUT2D eigenvalue weighted by atomic mass is 9.99. The van der Waals surface area contributed by atoms with Crippen molar-refractivity contribution in [1.82, 2.24) is 25.1 Å². The number of anilines is 1. The first-order valence-electron chi connectivity index (χ1n) is 13.5. The third-order valence-corrected chi connectivity index (χ3v) is 7.75. The third-order valence-electron chi connectivity index (χ3n) is 7.75. The number of hydrogen-bond donors (Lipinski definition) is 3. The number of rotatable bonds is 5. The summed E-state index contributed by atoms with van der Waals surface area (Å²) < 4.78 is 14.2. The molecule has 1 fully saturated rings. The van der Waals surface area contributed by atoms with Gasteiger partial charge in [0.05, 0.1) is 17.6 Å². The molecule has 1 aliphatic carbocycles. The summed E-state index contributed by atoms with van der Waals surface area (Å²) in [6.07, 6.45) is 9.33. The van der Waals surface area contributed by atoms with Crippen LogP contribution in [-0.2, 0) is 4.79 Å². The van der Waals surface area contributed by atoms with Crippen molar-refractivity contribution in [2.45, 2.75) is 32.6 Å². The number of halogens is 1. The van der Waals surface area contributed by atoms with Crippen LogP contribution in [0.3, 0.4) is 0 Å². The van der Waals surface area contributed by atoms with Gasteiger partial charge in [0.2, 0.25) is 5.91 Å². The van der Waals surface area contributed by atoms with E-state index >= 15 is 0 Å². The van der Waals surface area contributed by atoms with E-state index in [1.165, 1.54) is 6.07 Å². The number of hydrogen-bond acceptors (Lipinski definition) is 4. The van der Waals surface area contributed by atoms with Crippen molar-refractivity contribution in [3.05, 3.63) is 84.6 Å². The van der Waals surface area contributed by atoms with Gasteiger partial charge in [-0.25, -0.2) is 9.37 Å². The first-order chi connectivity index (χ1) is 19.5. The number of aromatic nitrogens is 5. The SMILES string of the molecule is Cc1cc(F)cc(-c2cccc3[nH]c(-c4n[nH]c5ncc(-c6cncc(NC(=O)C7CCCC7)c6)cc45)cc23)c1. The fraction of sp³-hybridized carbons (Fsp3) is 0.188. The lowest BCUT2D eigenvalue weighted by Gasteiger charge is -2.11. The van der Waals surface area contributed by atoms with Crippen LogP contribution < -0.4 is 5.32 Å². The number of carbonyl (C=O) groups excluding carboxylic acids is 1. The maximum absolute atomic E-state index is 14.2. The van der Waals surface area contributed by atoms with Crippen LogP contribution >= 0.6 is 0 Å². The topological polar surface area (TPSA) is 99.3 Å². The van der Waals surface area contributed by atoms with Crippen LogP contribution in [0.4, 0.5) is 10.1 Å². The van der Waals surface area contributed by atoms with Crippen molar-refractivity contribution in [2.75, 3.05) is 5.32 Å². The molecule has 0 saturated heterocycles. The molecule has 7 nitrogen and oxygen atoms in total. The van der Waals surface area contributed by atoms with Crippen LogP contribution in [0, 0.1) is 18.7 Å². The zero-order valence-corrected chi connectivity index (χ0v) is 22.0. The number of H-pyrrole nitrogens is 2. The number of aryl methyl sites for hydroxylation is 1. The van der Waals surface area contributed by atoms with Crippen LogP contribution in [0.15, 0.2) is 73.2 Å². The molecule has 0 bridgehead atoms. The highest BCUT2D eigenvalue weighted by atomic mass is 19.1. The maximum atomic E-state index is 14.2. The summed E-state index contributed by atoms with van der Waals surface area (Å²) in [7, 11) is 0. The summed E-state index contributed by atoms with van der Waals surface area (Å²) in [6, 6.07) is 17.1. The average molecular weight is 531 g/mol. The van der Waals surface area contributed by atoms with Crippen molar-refractivity contribution in [2.24, 2.45) is 5.92 Å². The standard InChI is InChI=1S/C32H27FN6O/c1-18-9-20(11-23(33)10-18)25-7-4-8-28-26(25)14-29(37-28)30-27-13-22(16-35-31(27)39-38-30)21-12-24(17-34-15-21)36-32(40)19-5-2-3-6-19/h4,7-17,19,37H,2-3,5-6H2,1H3,(H,36,40)(H,35,38,39). The summed E-state index contributed by atoms with van der Waals surface area (Å²) in [5, 5.41) is 12.5. The Morgan fingerprint density at radius 3 is 2.65 bits per heavy atom. The Morgan fingerprint density at radius 1 is 0.950 bits per heavy atom. The van der Waals surface area contributed by atoms with Crippen molar-refractivity contribution in [3.8, 4) is 33.6 Å². The zero-order valence-electron chi connectivity index (χ0n) is 22.0. The third kappa shape index (κ3) is 4.41. The fourth-order valence-corrected chi connectivity index (χ4v) is 5.79. The number of fused-ring (bicyclic) bond motifs is 2. The van der Waals surface area contributed by atoms with Crippen molar-refractivity contribution >= 4 is 33.5 Å². The molecule has 1 amide bonds. The van der Waals surface area contributed by atoms with Crippen LogP contribution in [0.5, 0.6) is 0 Å². The van der Waals surface area contributed by atoms with Crippen LogP contribution in [0.2, 0.25) is 0 Å². The lowest BCUT2D eigenvalue weighted by Crippen LogP contribution is -2.20. The first-order valence-corrected chi connectivity index (χ1v) is 13.5. The number of nitrogens with zero attached hydrogens (tertiary/aromatic N) is 3. The van der Waals surface area contributed by atoms with Gasteiger partial charge in [-0.05, 0) is 72.9 Å². The number of nitrogens with one attached hydrogen (secondary N) is 3. The Balaban J connectivity index is 1.25. The molecule has 7 rings (SSSR count). The van der Waals surface area contributed by atoms with E-state index in [1.54, 1.807) is 24.7 Å². The zero-order chi connectivity index (χ0) is 27.2. The van der Waals surface area contributed by atoms with E-state index in [0.29, 0.717) is 11.3 Å². The molecule has 3 N–H and O–H groups in total. The van der Waals surface area contributed by atoms with Gasteiger partial charge < -0.3 is 10.3 Å². The monoisotopic (exact) mass is 530 g/mol. The van der Waals surface area contributed by atoms with Crippen molar-refractivity contribution in [3.63, 3.8) is 0 Å². The summed E-state index contributed by atoms with van der Waals surface area (Å²) in [4.78, 5) is 25.1. The van der Waals surface area contributed by atoms with Gasteiger partial charge in [0.1, 0.15) is 11.5 Å². The molecule has 1 saturated carbocycles. The summed E-state index contributed by atoms with van der Waals surface area (Å²) >= 11 is 0. The minimum absolute atomic E-state index is 0.0636. The molecule has 0 atom stereocenters. The van der Waals surface area contributed by atoms with E-state index in [1.807, 2.05) is 49.4 Å². The van der Waals surface area contributed by atoms with Gasteiger partial charge in [-0.15, -0.1) is 0 Å². The Labute approximate surface area is 229 Å². The maximum Gasteiger partial charge on any atom is 0.227 e. The molecular weight excluding hydrogens is 503 g/mol. The van der Waals surface area contributed by atoms with Crippen molar-refractivity contribution < 1.29 is 9.18 Å². The fourth-order valence-electron chi connectivity index (χ4n) is 5.79. The predicted octanol–water partition coefficient (Wildman–Crippen LogP) is 7.41. The predicted molar refractivity (Wildman–Crippen MR) is 155 cm³/mol. The second-order valence-corrected chi connectivity index (χ2v) is 10.6. The van der Waals surface area contributed by atoms with Gasteiger partial charge in [-0.1, -0.05) is 31.0 Å². The lowest BCUT2D eigenvalue weighted by molar-refractivity contribution is -0.119. The Bertz CT molecular complexity index is 1880. The molecule has 0 aliphatic heterocycles. The largest absolute Gasteiger partial charge is 0.353 e. The summed E-state index contributed by atoms with van der Waals surface area (Å²) in [5.41, 5.74) is 8.21. The highest BCUT2D eigenvalue weighted by Crippen LogP contribution is 2.35. The molecule has 1 aliphatic rings. The van der Waals surface area contributed by atoms with E-state index in [4.69, 9.17) is 0 Å². The molecule has 0 radical (unpaired) electrons. The second kappa shape index (κ2) is 9.72. The Kier molecular flexibility index (Phi) is 5.88. The quantitative estimate of drug-likeness (QED) is 0.216. The number of amides is 1. The minimum Gasteiger partial charge on any atom is -0.353 e. The Morgan fingerprint density at radius 2 is 1.80 bits per heavy atom. The van der Waals surface area contributed by atoms with Crippen LogP contribution in [0.25, 0.3) is 55.6 Å². The summed E-state index contributed by atoms with van der Waals surface area (Å²) in [6.45, 7) is 1.89. The molecular formula is C32H27FN6O. The summed E-state index contributed by atoms with van der Waals surface area (Å²) in [5.74, 6) is -0.109. The minimum atomic E-state index is -0.253. The van der Waals surface area contributed by atoms with Crippen LogP contribution in [0.1, 0.15) is 31.2 Å². The second-order valence-electron chi connectivity index (χ2n) is 10.6. The Hall–Kier alpha value is -4.85. The van der Waals surface area contributed by atoms with E-state index in [-0.39, 0.29) is 17.6 Å². The number of pyridine rings is 2. The average Bonchev–Trinajstić information content (AvgIpc) is 3.71. The van der Waals surface area contributed by atoms with E-state index in [0.717, 1.165) is 81.2 Å². The number of benzene rings is 2. The molecule has 4 aromatic heterocycles. The van der Waals surface area contributed by atoms with E-state index in [2.05, 4.69) is 30.5 Å².